The zero-order valence-electron chi connectivity index (χ0n) is 19.9. The van der Waals surface area contributed by atoms with Crippen molar-refractivity contribution in [3.05, 3.63) is 58.3 Å². The number of aliphatic imine (C=N–C) groups is 1. The lowest BCUT2D eigenvalue weighted by Gasteiger charge is -2.31. The molecule has 0 unspecified atom stereocenters. The Morgan fingerprint density at radius 1 is 0.939 bits per heavy atom. The number of nitrogens with zero attached hydrogens (tertiary/aromatic N) is 3. The first-order valence-corrected chi connectivity index (χ1v) is 13.5. The maximum atomic E-state index is 13.7. The molecule has 0 atom stereocenters. The van der Waals surface area contributed by atoms with Gasteiger partial charge in [-0.2, -0.15) is 0 Å². The minimum atomic E-state index is 0.158. The summed E-state index contributed by atoms with van der Waals surface area (Å²) in [5.41, 5.74) is 4.63. The van der Waals surface area contributed by atoms with Crippen molar-refractivity contribution in [3.63, 3.8) is 0 Å². The second kappa shape index (κ2) is 9.92. The second-order valence-corrected chi connectivity index (χ2v) is 10.8. The molecule has 0 bridgehead atoms. The third-order valence-electron chi connectivity index (χ3n) is 7.42. The van der Waals surface area contributed by atoms with E-state index in [-0.39, 0.29) is 5.91 Å². The highest BCUT2D eigenvalue weighted by Gasteiger charge is 2.39. The number of aryl methyl sites for hydroxylation is 1. The molecule has 1 aromatic heterocycles. The topological polar surface area (TPSA) is 37.6 Å². The van der Waals surface area contributed by atoms with Crippen molar-refractivity contribution in [2.75, 3.05) is 0 Å². The predicted molar refractivity (Wildman–Crippen MR) is 139 cm³/mol. The minimum Gasteiger partial charge on any atom is -0.318 e. The fraction of sp³-hybridized carbons (Fsp3) is 0.500. The molecule has 2 saturated carbocycles. The zero-order valence-corrected chi connectivity index (χ0v) is 20.7. The maximum Gasteiger partial charge on any atom is 0.267 e. The van der Waals surface area contributed by atoms with Crippen molar-refractivity contribution in [2.24, 2.45) is 4.99 Å². The highest BCUT2D eigenvalue weighted by molar-refractivity contribution is 8.18. The van der Waals surface area contributed by atoms with Gasteiger partial charge in [0.1, 0.15) is 0 Å². The normalized spacial score (nSPS) is 23.2. The van der Waals surface area contributed by atoms with Crippen LogP contribution < -0.4 is 0 Å². The van der Waals surface area contributed by atoms with E-state index >= 15 is 0 Å². The van der Waals surface area contributed by atoms with Gasteiger partial charge in [0.2, 0.25) is 0 Å². The number of benzene rings is 1. The number of hydrogen-bond donors (Lipinski definition) is 0. The molecule has 5 heteroatoms. The molecule has 1 aromatic carbocycles. The van der Waals surface area contributed by atoms with Crippen molar-refractivity contribution in [1.29, 1.82) is 0 Å². The summed E-state index contributed by atoms with van der Waals surface area (Å²) >= 11 is 1.61. The summed E-state index contributed by atoms with van der Waals surface area (Å²) in [6, 6.07) is 13.3. The lowest BCUT2D eigenvalue weighted by atomic mass is 9.94. The van der Waals surface area contributed by atoms with E-state index in [0.29, 0.717) is 12.1 Å². The highest BCUT2D eigenvalue weighted by atomic mass is 32.2. The summed E-state index contributed by atoms with van der Waals surface area (Å²) in [6.45, 7) is 4.28. The monoisotopic (exact) mass is 461 g/mol. The van der Waals surface area contributed by atoms with Crippen LogP contribution in [0.25, 0.3) is 11.8 Å². The number of hydrogen-bond acceptors (Lipinski definition) is 3. The zero-order chi connectivity index (χ0) is 22.8. The largest absolute Gasteiger partial charge is 0.318 e. The molecule has 1 aliphatic heterocycles. The van der Waals surface area contributed by atoms with Crippen LogP contribution in [-0.4, -0.2) is 32.6 Å². The fourth-order valence-corrected chi connectivity index (χ4v) is 6.75. The van der Waals surface area contributed by atoms with Gasteiger partial charge in [0, 0.05) is 23.1 Å². The van der Waals surface area contributed by atoms with Gasteiger partial charge in [-0.3, -0.25) is 14.7 Å². The number of para-hydroxylation sites is 1. The third kappa shape index (κ3) is 4.70. The van der Waals surface area contributed by atoms with Crippen LogP contribution in [0.4, 0.5) is 0 Å². The molecule has 4 nitrogen and oxygen atoms in total. The first kappa shape index (κ1) is 22.5. The molecule has 2 heterocycles. The van der Waals surface area contributed by atoms with Crippen molar-refractivity contribution in [1.82, 2.24) is 9.47 Å². The standard InChI is InChI=1S/C28H35N3OS/c1-20-18-22(21(2)30(20)24-14-8-4-9-15-24)19-26-27(32)31(25-16-10-5-11-17-25)28(33-26)29-23-12-6-3-7-13-23/h4,8-9,14-15,18-19,23,25H,3,5-7,10-13,16-17H2,1-2H3/b26-19-,29-28?. The Labute approximate surface area is 202 Å². The van der Waals surface area contributed by atoms with Gasteiger partial charge < -0.3 is 4.57 Å². The molecule has 3 fully saturated rings. The van der Waals surface area contributed by atoms with Gasteiger partial charge >= 0.3 is 0 Å². The molecular weight excluding hydrogens is 426 g/mol. The quantitative estimate of drug-likeness (QED) is 0.458. The summed E-state index contributed by atoms with van der Waals surface area (Å²) in [4.78, 5) is 21.7. The van der Waals surface area contributed by atoms with E-state index in [1.54, 1.807) is 11.8 Å². The van der Waals surface area contributed by atoms with Crippen LogP contribution in [0.2, 0.25) is 0 Å². The van der Waals surface area contributed by atoms with Crippen LogP contribution in [0.3, 0.4) is 0 Å². The van der Waals surface area contributed by atoms with Crippen LogP contribution in [-0.2, 0) is 4.79 Å². The second-order valence-electron chi connectivity index (χ2n) is 9.78. The molecule has 2 aliphatic carbocycles. The smallest absolute Gasteiger partial charge is 0.267 e. The molecule has 33 heavy (non-hydrogen) atoms. The predicted octanol–water partition coefficient (Wildman–Crippen LogP) is 7.03. The van der Waals surface area contributed by atoms with Crippen LogP contribution in [0, 0.1) is 13.8 Å². The SMILES string of the molecule is Cc1cc(/C=C2\SC(=NC3CCCCC3)N(C3CCCCC3)C2=O)c(C)n1-c1ccccc1. The lowest BCUT2D eigenvalue weighted by Crippen LogP contribution is -2.41. The van der Waals surface area contributed by atoms with E-state index < -0.39 is 0 Å². The molecule has 1 saturated heterocycles. The molecule has 0 radical (unpaired) electrons. The molecule has 1 amide bonds. The van der Waals surface area contributed by atoms with E-state index in [0.717, 1.165) is 47.0 Å². The number of carbonyl (C=O) groups is 1. The van der Waals surface area contributed by atoms with Gasteiger partial charge in [-0.15, -0.1) is 0 Å². The first-order valence-electron chi connectivity index (χ1n) is 12.7. The molecular formula is C28H35N3OS. The molecule has 2 aromatic rings. The number of carbonyl (C=O) groups excluding carboxylic acids is 1. The Hall–Kier alpha value is -2.27. The van der Waals surface area contributed by atoms with E-state index in [1.807, 2.05) is 6.07 Å². The Balaban J connectivity index is 1.48. The summed E-state index contributed by atoms with van der Waals surface area (Å²) < 4.78 is 2.27. The van der Waals surface area contributed by atoms with Crippen LogP contribution >= 0.6 is 11.8 Å². The van der Waals surface area contributed by atoms with Crippen molar-refractivity contribution < 1.29 is 4.79 Å². The van der Waals surface area contributed by atoms with Crippen LogP contribution in [0.5, 0.6) is 0 Å². The Bertz CT molecular complexity index is 1060. The van der Waals surface area contributed by atoms with E-state index in [4.69, 9.17) is 4.99 Å². The molecule has 5 rings (SSSR count). The lowest BCUT2D eigenvalue weighted by molar-refractivity contribution is -0.124. The number of thioether (sulfide) groups is 1. The van der Waals surface area contributed by atoms with E-state index in [9.17, 15) is 4.79 Å². The molecule has 0 spiro atoms. The van der Waals surface area contributed by atoms with E-state index in [1.165, 1.54) is 49.9 Å². The molecule has 3 aliphatic rings. The first-order chi connectivity index (χ1) is 16.1. The average Bonchev–Trinajstić information content (AvgIpc) is 3.30. The van der Waals surface area contributed by atoms with Gasteiger partial charge in [-0.25, -0.2) is 0 Å². The van der Waals surface area contributed by atoms with Gasteiger partial charge in [-0.1, -0.05) is 56.7 Å². The summed E-state index contributed by atoms with van der Waals surface area (Å²) in [7, 11) is 0. The van der Waals surface area contributed by atoms with Crippen molar-refractivity contribution in [2.45, 2.75) is 90.1 Å². The highest BCUT2D eigenvalue weighted by Crippen LogP contribution is 2.39. The average molecular weight is 462 g/mol. The Morgan fingerprint density at radius 3 is 2.30 bits per heavy atom. The van der Waals surface area contributed by atoms with Gasteiger partial charge in [0.05, 0.1) is 10.9 Å². The molecule has 174 valence electrons. The van der Waals surface area contributed by atoms with Gasteiger partial charge in [0.25, 0.3) is 5.91 Å². The minimum absolute atomic E-state index is 0.158. The molecule has 0 N–H and O–H groups in total. The third-order valence-corrected chi connectivity index (χ3v) is 8.41. The number of amides is 1. The number of amidine groups is 1. The summed E-state index contributed by atoms with van der Waals surface area (Å²) in [5.74, 6) is 0.158. The van der Waals surface area contributed by atoms with Crippen molar-refractivity contribution >= 4 is 28.9 Å². The number of rotatable bonds is 4. The summed E-state index contributed by atoms with van der Waals surface area (Å²) in [6.07, 6.45) is 14.2. The van der Waals surface area contributed by atoms with Crippen molar-refractivity contribution in [3.8, 4) is 5.69 Å². The Morgan fingerprint density at radius 2 is 1.61 bits per heavy atom. The number of aromatic nitrogens is 1. The van der Waals surface area contributed by atoms with Gasteiger partial charge in [0.15, 0.2) is 5.17 Å². The summed E-state index contributed by atoms with van der Waals surface area (Å²) in [5, 5.41) is 0.960. The van der Waals surface area contributed by atoms with Crippen LogP contribution in [0.15, 0.2) is 46.3 Å². The van der Waals surface area contributed by atoms with Gasteiger partial charge in [-0.05, 0) is 81.1 Å². The van der Waals surface area contributed by atoms with E-state index in [2.05, 4.69) is 59.7 Å². The van der Waals surface area contributed by atoms with Crippen LogP contribution in [0.1, 0.15) is 81.2 Å². The maximum absolute atomic E-state index is 13.7. The Kier molecular flexibility index (Phi) is 6.77. The fourth-order valence-electron chi connectivity index (χ4n) is 5.65.